The molecule has 0 aromatic rings. The Hall–Kier alpha value is 0.270. The second-order valence-corrected chi connectivity index (χ2v) is 5.73. The molecule has 90 valence electrons. The molecule has 0 spiro atoms. The van der Waals surface area contributed by atoms with Crippen molar-refractivity contribution in [1.82, 2.24) is 5.43 Å². The van der Waals surface area contributed by atoms with Gasteiger partial charge in [0.15, 0.2) is 0 Å². The summed E-state index contributed by atoms with van der Waals surface area (Å²) < 4.78 is 0. The van der Waals surface area contributed by atoms with Gasteiger partial charge in [0.25, 0.3) is 0 Å². The van der Waals surface area contributed by atoms with Gasteiger partial charge < -0.3 is 0 Å². The van der Waals surface area contributed by atoms with E-state index in [1.54, 1.807) is 0 Å². The van der Waals surface area contributed by atoms with Crippen molar-refractivity contribution in [2.45, 2.75) is 51.5 Å². The number of hydrogen-bond acceptors (Lipinski definition) is 3. The summed E-state index contributed by atoms with van der Waals surface area (Å²) in [6.45, 7) is 2.32. The number of hydrazine groups is 1. The first-order chi connectivity index (χ1) is 7.31. The Bertz CT molecular complexity index is 156. The maximum Gasteiger partial charge on any atom is 0.0246 e. The summed E-state index contributed by atoms with van der Waals surface area (Å²) in [4.78, 5) is 0. The van der Waals surface area contributed by atoms with Gasteiger partial charge in [-0.05, 0) is 43.1 Å². The molecule has 15 heavy (non-hydrogen) atoms. The zero-order chi connectivity index (χ0) is 11.1. The van der Waals surface area contributed by atoms with E-state index in [9.17, 15) is 0 Å². The molecule has 2 nitrogen and oxygen atoms in total. The van der Waals surface area contributed by atoms with Gasteiger partial charge >= 0.3 is 0 Å². The first kappa shape index (κ1) is 13.3. The third-order valence-electron chi connectivity index (χ3n) is 3.88. The zero-order valence-electron chi connectivity index (χ0n) is 10.2. The van der Waals surface area contributed by atoms with Crippen LogP contribution in [0.15, 0.2) is 0 Å². The molecule has 0 aromatic carbocycles. The SMILES string of the molecule is CCC1CCC(C(CCSC)NN)CC1. The van der Waals surface area contributed by atoms with Gasteiger partial charge in [-0.1, -0.05) is 26.2 Å². The molecule has 0 radical (unpaired) electrons. The van der Waals surface area contributed by atoms with Crippen LogP contribution in [0, 0.1) is 11.8 Å². The molecule has 1 fully saturated rings. The van der Waals surface area contributed by atoms with E-state index in [2.05, 4.69) is 18.6 Å². The Morgan fingerprint density at radius 2 is 2.00 bits per heavy atom. The van der Waals surface area contributed by atoms with Gasteiger partial charge in [0.1, 0.15) is 0 Å². The van der Waals surface area contributed by atoms with Crippen LogP contribution >= 0.6 is 11.8 Å². The lowest BCUT2D eigenvalue weighted by atomic mass is 9.77. The van der Waals surface area contributed by atoms with E-state index in [1.807, 2.05) is 11.8 Å². The lowest BCUT2D eigenvalue weighted by molar-refractivity contribution is 0.215. The molecule has 0 amide bonds. The second kappa shape index (κ2) is 7.53. The number of nitrogens with two attached hydrogens (primary N) is 1. The number of rotatable bonds is 6. The van der Waals surface area contributed by atoms with Gasteiger partial charge in [0.2, 0.25) is 0 Å². The fourth-order valence-electron chi connectivity index (χ4n) is 2.70. The summed E-state index contributed by atoms with van der Waals surface area (Å²) >= 11 is 1.92. The number of thioether (sulfide) groups is 1. The van der Waals surface area contributed by atoms with Crippen molar-refractivity contribution in [2.75, 3.05) is 12.0 Å². The van der Waals surface area contributed by atoms with E-state index >= 15 is 0 Å². The average molecular weight is 230 g/mol. The Labute approximate surface area is 98.7 Å². The molecule has 3 heteroatoms. The predicted octanol–water partition coefficient (Wildman–Crippen LogP) is 2.79. The predicted molar refractivity (Wildman–Crippen MR) is 69.8 cm³/mol. The van der Waals surface area contributed by atoms with Crippen LogP contribution in [0.25, 0.3) is 0 Å². The molecule has 1 unspecified atom stereocenters. The Morgan fingerprint density at radius 1 is 1.33 bits per heavy atom. The minimum absolute atomic E-state index is 0.551. The van der Waals surface area contributed by atoms with Crippen molar-refractivity contribution < 1.29 is 0 Å². The highest BCUT2D eigenvalue weighted by molar-refractivity contribution is 7.98. The second-order valence-electron chi connectivity index (χ2n) is 4.74. The zero-order valence-corrected chi connectivity index (χ0v) is 11.0. The standard InChI is InChI=1S/C12H26N2S/c1-3-10-4-6-11(7-5-10)12(14-13)8-9-15-2/h10-12,14H,3-9,13H2,1-2H3. The fraction of sp³-hybridized carbons (Fsp3) is 1.00. The van der Waals surface area contributed by atoms with Crippen LogP contribution in [0.1, 0.15) is 45.4 Å². The highest BCUT2D eigenvalue weighted by Crippen LogP contribution is 2.33. The van der Waals surface area contributed by atoms with Gasteiger partial charge in [-0.25, -0.2) is 0 Å². The minimum Gasteiger partial charge on any atom is -0.271 e. The molecule has 0 saturated heterocycles. The summed E-state index contributed by atoms with van der Waals surface area (Å²) in [7, 11) is 0. The molecule has 1 aliphatic rings. The van der Waals surface area contributed by atoms with E-state index < -0.39 is 0 Å². The van der Waals surface area contributed by atoms with Crippen LogP contribution in [-0.2, 0) is 0 Å². The maximum atomic E-state index is 5.65. The molecule has 0 aromatic heterocycles. The molecule has 0 heterocycles. The molecular formula is C12H26N2S. The summed E-state index contributed by atoms with van der Waals surface area (Å²) in [6.07, 6.45) is 10.3. The largest absolute Gasteiger partial charge is 0.271 e. The smallest absolute Gasteiger partial charge is 0.0246 e. The van der Waals surface area contributed by atoms with Crippen LogP contribution in [0.3, 0.4) is 0 Å². The van der Waals surface area contributed by atoms with Crippen molar-refractivity contribution in [1.29, 1.82) is 0 Å². The van der Waals surface area contributed by atoms with Crippen molar-refractivity contribution in [3.63, 3.8) is 0 Å². The van der Waals surface area contributed by atoms with Crippen molar-refractivity contribution in [2.24, 2.45) is 17.7 Å². The van der Waals surface area contributed by atoms with Crippen molar-refractivity contribution in [3.05, 3.63) is 0 Å². The number of hydrogen-bond donors (Lipinski definition) is 2. The molecular weight excluding hydrogens is 204 g/mol. The monoisotopic (exact) mass is 230 g/mol. The van der Waals surface area contributed by atoms with E-state index in [4.69, 9.17) is 5.84 Å². The molecule has 1 atom stereocenters. The van der Waals surface area contributed by atoms with Crippen molar-refractivity contribution in [3.8, 4) is 0 Å². The Balaban J connectivity index is 2.29. The molecule has 0 bridgehead atoms. The molecule has 1 aliphatic carbocycles. The van der Waals surface area contributed by atoms with E-state index in [0.717, 1.165) is 11.8 Å². The van der Waals surface area contributed by atoms with Crippen LogP contribution in [0.2, 0.25) is 0 Å². The van der Waals surface area contributed by atoms with Gasteiger partial charge in [-0.3, -0.25) is 11.3 Å². The first-order valence-electron chi connectivity index (χ1n) is 6.26. The van der Waals surface area contributed by atoms with E-state index in [-0.39, 0.29) is 0 Å². The topological polar surface area (TPSA) is 38.0 Å². The third kappa shape index (κ3) is 4.33. The van der Waals surface area contributed by atoms with E-state index in [0.29, 0.717) is 6.04 Å². The molecule has 3 N–H and O–H groups in total. The van der Waals surface area contributed by atoms with Gasteiger partial charge in [-0.2, -0.15) is 11.8 Å². The minimum atomic E-state index is 0.551. The average Bonchev–Trinajstić information content (AvgIpc) is 2.31. The summed E-state index contributed by atoms with van der Waals surface area (Å²) in [5.41, 5.74) is 3.03. The number of nitrogens with one attached hydrogen (secondary N) is 1. The highest BCUT2D eigenvalue weighted by atomic mass is 32.2. The highest BCUT2D eigenvalue weighted by Gasteiger charge is 2.25. The molecule has 1 rings (SSSR count). The lowest BCUT2D eigenvalue weighted by Crippen LogP contribution is -2.42. The Kier molecular flexibility index (Phi) is 6.69. The van der Waals surface area contributed by atoms with Crippen LogP contribution in [-0.4, -0.2) is 18.1 Å². The quantitative estimate of drug-likeness (QED) is 0.544. The van der Waals surface area contributed by atoms with Crippen molar-refractivity contribution >= 4 is 11.8 Å². The van der Waals surface area contributed by atoms with E-state index in [1.165, 1.54) is 44.3 Å². The Morgan fingerprint density at radius 3 is 2.47 bits per heavy atom. The summed E-state index contributed by atoms with van der Waals surface area (Å²) in [5, 5.41) is 0. The summed E-state index contributed by atoms with van der Waals surface area (Å²) in [6, 6.07) is 0.551. The maximum absolute atomic E-state index is 5.65. The fourth-order valence-corrected chi connectivity index (χ4v) is 3.19. The van der Waals surface area contributed by atoms with Gasteiger partial charge in [0.05, 0.1) is 0 Å². The van der Waals surface area contributed by atoms with Gasteiger partial charge in [0, 0.05) is 6.04 Å². The normalized spacial score (nSPS) is 29.0. The summed E-state index contributed by atoms with van der Waals surface area (Å²) in [5.74, 6) is 8.69. The van der Waals surface area contributed by atoms with Crippen LogP contribution in [0.4, 0.5) is 0 Å². The van der Waals surface area contributed by atoms with Crippen LogP contribution < -0.4 is 11.3 Å². The molecule has 1 saturated carbocycles. The molecule has 0 aliphatic heterocycles. The van der Waals surface area contributed by atoms with Crippen LogP contribution in [0.5, 0.6) is 0 Å². The lowest BCUT2D eigenvalue weighted by Gasteiger charge is -2.33. The third-order valence-corrected chi connectivity index (χ3v) is 4.53. The van der Waals surface area contributed by atoms with Gasteiger partial charge in [-0.15, -0.1) is 0 Å². The first-order valence-corrected chi connectivity index (χ1v) is 7.66.